The van der Waals surface area contributed by atoms with Gasteiger partial charge in [-0.25, -0.2) is 9.18 Å². The van der Waals surface area contributed by atoms with Gasteiger partial charge in [0.15, 0.2) is 0 Å². The Balaban J connectivity index is 2.56. The molecule has 1 aromatic carbocycles. The molecule has 0 aliphatic heterocycles. The highest BCUT2D eigenvalue weighted by Crippen LogP contribution is 2.40. The fourth-order valence-electron chi connectivity index (χ4n) is 1.81. The van der Waals surface area contributed by atoms with Crippen LogP contribution in [0.25, 0.3) is 10.4 Å². The van der Waals surface area contributed by atoms with Crippen molar-refractivity contribution in [2.75, 3.05) is 12.3 Å². The quantitative estimate of drug-likeness (QED) is 0.861. The van der Waals surface area contributed by atoms with Gasteiger partial charge in [-0.15, -0.1) is 11.3 Å². The van der Waals surface area contributed by atoms with E-state index in [1.54, 1.807) is 26.0 Å². The zero-order chi connectivity index (χ0) is 14.9. The number of halogens is 2. The number of hydrogen-bond donors (Lipinski definition) is 1. The lowest BCUT2D eigenvalue weighted by Gasteiger charge is -2.03. The largest absolute Gasteiger partial charge is 0.462 e. The second kappa shape index (κ2) is 5.81. The number of rotatable bonds is 3. The van der Waals surface area contributed by atoms with Crippen molar-refractivity contribution in [2.24, 2.45) is 0 Å². The molecular weight excluding hydrogens is 301 g/mol. The summed E-state index contributed by atoms with van der Waals surface area (Å²) in [5.41, 5.74) is 7.22. The van der Waals surface area contributed by atoms with Crippen molar-refractivity contribution in [1.82, 2.24) is 0 Å². The summed E-state index contributed by atoms with van der Waals surface area (Å²) in [5, 5.41) is 0.0338. The molecule has 0 saturated heterocycles. The van der Waals surface area contributed by atoms with Gasteiger partial charge in [-0.3, -0.25) is 0 Å². The lowest BCUT2D eigenvalue weighted by Crippen LogP contribution is -2.05. The average Bonchev–Trinajstić information content (AvgIpc) is 2.70. The lowest BCUT2D eigenvalue weighted by atomic mass is 10.1. The molecule has 0 aliphatic carbocycles. The molecule has 3 nitrogen and oxygen atoms in total. The van der Waals surface area contributed by atoms with Crippen LogP contribution in [0.15, 0.2) is 18.2 Å². The molecule has 1 aromatic heterocycles. The molecule has 6 heteroatoms. The van der Waals surface area contributed by atoms with Gasteiger partial charge in [0.25, 0.3) is 0 Å². The van der Waals surface area contributed by atoms with E-state index in [1.807, 2.05) is 0 Å². The summed E-state index contributed by atoms with van der Waals surface area (Å²) in [6.45, 7) is 3.71. The Labute approximate surface area is 125 Å². The van der Waals surface area contributed by atoms with E-state index in [0.29, 0.717) is 26.6 Å². The molecular formula is C14H13ClFNO2S. The van der Waals surface area contributed by atoms with Gasteiger partial charge >= 0.3 is 5.97 Å². The van der Waals surface area contributed by atoms with Crippen molar-refractivity contribution in [3.05, 3.63) is 39.5 Å². The number of thiophene rings is 1. The van der Waals surface area contributed by atoms with Gasteiger partial charge in [-0.05, 0) is 25.5 Å². The first-order valence-corrected chi connectivity index (χ1v) is 7.17. The third kappa shape index (κ3) is 2.51. The van der Waals surface area contributed by atoms with Crippen LogP contribution in [0.5, 0.6) is 0 Å². The van der Waals surface area contributed by atoms with Gasteiger partial charge in [0.1, 0.15) is 10.7 Å². The van der Waals surface area contributed by atoms with E-state index in [9.17, 15) is 9.18 Å². The molecule has 106 valence electrons. The lowest BCUT2D eigenvalue weighted by molar-refractivity contribution is 0.0533. The smallest absolute Gasteiger partial charge is 0.350 e. The summed E-state index contributed by atoms with van der Waals surface area (Å²) in [6, 6.07) is 4.73. The van der Waals surface area contributed by atoms with Crippen LogP contribution in [0.2, 0.25) is 5.02 Å². The number of nitrogen functional groups attached to an aromatic ring is 1. The van der Waals surface area contributed by atoms with Crippen molar-refractivity contribution in [1.29, 1.82) is 0 Å². The average molecular weight is 314 g/mol. The van der Waals surface area contributed by atoms with Crippen molar-refractivity contribution >= 4 is 34.6 Å². The van der Waals surface area contributed by atoms with Crippen LogP contribution in [0.4, 0.5) is 10.1 Å². The molecule has 0 amide bonds. The summed E-state index contributed by atoms with van der Waals surface area (Å²) in [7, 11) is 0. The molecule has 0 bridgehead atoms. The highest BCUT2D eigenvalue weighted by Gasteiger charge is 2.22. The van der Waals surface area contributed by atoms with Crippen molar-refractivity contribution in [3.63, 3.8) is 0 Å². The number of carbonyl (C=O) groups is 1. The third-order valence-corrected chi connectivity index (χ3v) is 4.46. The SMILES string of the molecule is CCOC(=O)c1sc(-c2cccc(Cl)c2F)c(C)c1N. The first-order valence-electron chi connectivity index (χ1n) is 5.97. The first-order chi connectivity index (χ1) is 9.47. The van der Waals surface area contributed by atoms with Crippen molar-refractivity contribution < 1.29 is 13.9 Å². The minimum atomic E-state index is -0.520. The maximum Gasteiger partial charge on any atom is 0.350 e. The highest BCUT2D eigenvalue weighted by atomic mass is 35.5. The number of hydrogen-bond acceptors (Lipinski definition) is 4. The number of benzene rings is 1. The van der Waals surface area contributed by atoms with Crippen LogP contribution in [-0.2, 0) is 4.74 Å². The second-order valence-electron chi connectivity index (χ2n) is 4.12. The molecule has 1 heterocycles. The fraction of sp³-hybridized carbons (Fsp3) is 0.214. The Morgan fingerprint density at radius 2 is 2.20 bits per heavy atom. The van der Waals surface area contributed by atoms with Gasteiger partial charge in [-0.1, -0.05) is 23.7 Å². The van der Waals surface area contributed by atoms with E-state index in [0.717, 1.165) is 11.3 Å². The minimum absolute atomic E-state index is 0.0338. The Kier molecular flexibility index (Phi) is 4.30. The van der Waals surface area contributed by atoms with E-state index in [2.05, 4.69) is 0 Å². The van der Waals surface area contributed by atoms with E-state index < -0.39 is 11.8 Å². The Bertz CT molecular complexity index is 669. The molecule has 0 spiro atoms. The summed E-state index contributed by atoms with van der Waals surface area (Å²) < 4.78 is 19.0. The Morgan fingerprint density at radius 1 is 1.50 bits per heavy atom. The van der Waals surface area contributed by atoms with Crippen LogP contribution in [0.1, 0.15) is 22.2 Å². The molecule has 0 atom stereocenters. The summed E-state index contributed by atoms with van der Waals surface area (Å²) in [4.78, 5) is 12.7. The zero-order valence-electron chi connectivity index (χ0n) is 11.0. The molecule has 0 fully saturated rings. The van der Waals surface area contributed by atoms with Crippen LogP contribution in [-0.4, -0.2) is 12.6 Å². The summed E-state index contributed by atoms with van der Waals surface area (Å²) >= 11 is 6.89. The van der Waals surface area contributed by atoms with Gasteiger partial charge in [0.2, 0.25) is 0 Å². The number of ether oxygens (including phenoxy) is 1. The molecule has 2 aromatic rings. The monoisotopic (exact) mass is 313 g/mol. The predicted molar refractivity (Wildman–Crippen MR) is 79.8 cm³/mol. The summed E-state index contributed by atoms with van der Waals surface area (Å²) in [6.07, 6.45) is 0. The molecule has 20 heavy (non-hydrogen) atoms. The third-order valence-electron chi connectivity index (χ3n) is 2.85. The molecule has 0 aliphatic rings. The first kappa shape index (κ1) is 14.8. The standard InChI is InChI=1S/C14H13ClFNO2S/c1-3-19-14(18)13-11(17)7(2)12(20-13)8-5-4-6-9(15)10(8)16/h4-6H,3,17H2,1-2H3. The van der Waals surface area contributed by atoms with E-state index in [1.165, 1.54) is 6.07 Å². The van der Waals surface area contributed by atoms with Crippen LogP contribution < -0.4 is 5.73 Å². The molecule has 2 rings (SSSR count). The molecule has 2 N–H and O–H groups in total. The number of carbonyl (C=O) groups excluding carboxylic acids is 1. The van der Waals surface area contributed by atoms with Gasteiger partial charge < -0.3 is 10.5 Å². The van der Waals surface area contributed by atoms with Gasteiger partial charge in [-0.2, -0.15) is 0 Å². The molecule has 0 saturated carbocycles. The van der Waals surface area contributed by atoms with Gasteiger partial charge in [0.05, 0.1) is 17.3 Å². The highest BCUT2D eigenvalue weighted by molar-refractivity contribution is 7.18. The topological polar surface area (TPSA) is 52.3 Å². The second-order valence-corrected chi connectivity index (χ2v) is 5.55. The molecule has 0 unspecified atom stereocenters. The predicted octanol–water partition coefficient (Wildman–Crippen LogP) is 4.27. The van der Waals surface area contributed by atoms with Crippen molar-refractivity contribution in [3.8, 4) is 10.4 Å². The van der Waals surface area contributed by atoms with Crippen LogP contribution in [0, 0.1) is 12.7 Å². The number of nitrogens with two attached hydrogens (primary N) is 1. The zero-order valence-corrected chi connectivity index (χ0v) is 12.6. The Hall–Kier alpha value is -1.59. The summed E-state index contributed by atoms with van der Waals surface area (Å²) in [5.74, 6) is -1.01. The van der Waals surface area contributed by atoms with E-state index in [4.69, 9.17) is 22.1 Å². The van der Waals surface area contributed by atoms with Crippen LogP contribution in [0.3, 0.4) is 0 Å². The normalized spacial score (nSPS) is 10.6. The van der Waals surface area contributed by atoms with E-state index >= 15 is 0 Å². The maximum atomic E-state index is 14.1. The maximum absolute atomic E-state index is 14.1. The fourth-order valence-corrected chi connectivity index (χ4v) is 3.13. The number of anilines is 1. The minimum Gasteiger partial charge on any atom is -0.462 e. The van der Waals surface area contributed by atoms with E-state index in [-0.39, 0.29) is 11.6 Å². The Morgan fingerprint density at radius 3 is 2.85 bits per heavy atom. The van der Waals surface area contributed by atoms with Gasteiger partial charge in [0, 0.05) is 10.4 Å². The number of esters is 1. The van der Waals surface area contributed by atoms with Crippen LogP contribution >= 0.6 is 22.9 Å². The van der Waals surface area contributed by atoms with Crippen molar-refractivity contribution in [2.45, 2.75) is 13.8 Å². The molecule has 0 radical (unpaired) electrons.